The van der Waals surface area contributed by atoms with E-state index in [9.17, 15) is 4.79 Å². The highest BCUT2D eigenvalue weighted by atomic mass is 16.2. The van der Waals surface area contributed by atoms with Crippen LogP contribution in [0.15, 0.2) is 36.9 Å². The minimum absolute atomic E-state index is 0.0550. The van der Waals surface area contributed by atoms with Gasteiger partial charge in [0.15, 0.2) is 0 Å². The van der Waals surface area contributed by atoms with Crippen LogP contribution in [-0.2, 0) is 6.42 Å². The first-order chi connectivity index (χ1) is 11.3. The lowest BCUT2D eigenvalue weighted by atomic mass is 9.98. The Morgan fingerprint density at radius 3 is 3.00 bits per heavy atom. The molecule has 0 bridgehead atoms. The number of aromatic nitrogens is 5. The number of imidazole rings is 1. The second-order valence-electron chi connectivity index (χ2n) is 5.58. The molecule has 7 nitrogen and oxygen atoms in total. The molecule has 7 heteroatoms. The number of hydrogen-bond acceptors (Lipinski definition) is 4. The van der Waals surface area contributed by atoms with Crippen molar-refractivity contribution in [3.8, 4) is 0 Å². The van der Waals surface area contributed by atoms with Gasteiger partial charge in [0.05, 0.1) is 29.5 Å². The van der Waals surface area contributed by atoms with E-state index in [-0.39, 0.29) is 11.9 Å². The van der Waals surface area contributed by atoms with Crippen LogP contribution in [0.5, 0.6) is 0 Å². The van der Waals surface area contributed by atoms with Crippen molar-refractivity contribution >= 4 is 5.91 Å². The third kappa shape index (κ3) is 2.21. The third-order valence-corrected chi connectivity index (χ3v) is 4.21. The summed E-state index contributed by atoms with van der Waals surface area (Å²) in [5, 5.41) is 6.78. The quantitative estimate of drug-likeness (QED) is 0.752. The second-order valence-corrected chi connectivity index (χ2v) is 5.58. The highest BCUT2D eigenvalue weighted by molar-refractivity contribution is 5.95. The van der Waals surface area contributed by atoms with Crippen LogP contribution in [-0.4, -0.2) is 42.5 Å². The molecule has 4 rings (SSSR count). The number of nitrogens with zero attached hydrogens (tertiary/aromatic N) is 4. The van der Waals surface area contributed by atoms with Crippen LogP contribution >= 0.6 is 0 Å². The normalized spacial score (nSPS) is 17.1. The number of amides is 1. The van der Waals surface area contributed by atoms with E-state index in [1.165, 1.54) is 0 Å². The van der Waals surface area contributed by atoms with Crippen LogP contribution < -0.4 is 0 Å². The zero-order chi connectivity index (χ0) is 15.8. The Morgan fingerprint density at radius 1 is 1.35 bits per heavy atom. The number of carbonyl (C=O) groups is 1. The minimum Gasteiger partial charge on any atom is -0.348 e. The molecule has 116 valence electrons. The van der Waals surface area contributed by atoms with E-state index >= 15 is 0 Å². The van der Waals surface area contributed by atoms with Crippen molar-refractivity contribution in [2.45, 2.75) is 19.4 Å². The zero-order valence-electron chi connectivity index (χ0n) is 12.7. The molecule has 4 heterocycles. The summed E-state index contributed by atoms with van der Waals surface area (Å²) in [5.74, 6) is -0.0550. The van der Waals surface area contributed by atoms with Gasteiger partial charge < -0.3 is 9.88 Å². The average Bonchev–Trinajstić information content (AvgIpc) is 3.22. The number of aryl methyl sites for hydroxylation is 1. The van der Waals surface area contributed by atoms with Crippen molar-refractivity contribution in [1.29, 1.82) is 0 Å². The first kappa shape index (κ1) is 13.7. The maximum atomic E-state index is 13.0. The number of fused-ring (bicyclic) bond motifs is 1. The van der Waals surface area contributed by atoms with Crippen molar-refractivity contribution in [3.63, 3.8) is 0 Å². The summed E-state index contributed by atoms with van der Waals surface area (Å²) in [6.07, 6.45) is 5.74. The molecule has 2 N–H and O–H groups in total. The van der Waals surface area contributed by atoms with Crippen LogP contribution in [0.1, 0.15) is 39.2 Å². The SMILES string of the molecule is Cc1[nH]ncc1C(=O)N1CCc2[nH]cnc2C1c1ccccn1. The second kappa shape index (κ2) is 5.35. The van der Waals surface area contributed by atoms with E-state index in [1.54, 1.807) is 18.7 Å². The minimum atomic E-state index is -0.284. The Labute approximate surface area is 132 Å². The summed E-state index contributed by atoms with van der Waals surface area (Å²) in [7, 11) is 0. The number of aromatic amines is 2. The number of H-pyrrole nitrogens is 2. The monoisotopic (exact) mass is 308 g/mol. The van der Waals surface area contributed by atoms with Crippen molar-refractivity contribution in [1.82, 2.24) is 30.0 Å². The van der Waals surface area contributed by atoms with Gasteiger partial charge in [0, 0.05) is 30.6 Å². The van der Waals surface area contributed by atoms with Gasteiger partial charge >= 0.3 is 0 Å². The molecule has 3 aromatic heterocycles. The zero-order valence-corrected chi connectivity index (χ0v) is 12.7. The van der Waals surface area contributed by atoms with Gasteiger partial charge in [0.2, 0.25) is 0 Å². The molecule has 0 fully saturated rings. The lowest BCUT2D eigenvalue weighted by Crippen LogP contribution is -2.41. The summed E-state index contributed by atoms with van der Waals surface area (Å²) in [6, 6.07) is 5.43. The maximum absolute atomic E-state index is 13.0. The Balaban J connectivity index is 1.80. The Bertz CT molecular complexity index is 837. The molecular weight excluding hydrogens is 292 g/mol. The molecular formula is C16H16N6O. The van der Waals surface area contributed by atoms with Gasteiger partial charge in [-0.2, -0.15) is 5.10 Å². The molecule has 23 heavy (non-hydrogen) atoms. The molecule has 0 radical (unpaired) electrons. The fourth-order valence-electron chi connectivity index (χ4n) is 3.05. The van der Waals surface area contributed by atoms with Gasteiger partial charge in [-0.1, -0.05) is 6.07 Å². The molecule has 0 spiro atoms. The van der Waals surface area contributed by atoms with E-state index in [4.69, 9.17) is 0 Å². The molecule has 0 aromatic carbocycles. The Morgan fingerprint density at radius 2 is 2.26 bits per heavy atom. The largest absolute Gasteiger partial charge is 0.348 e. The highest BCUT2D eigenvalue weighted by Gasteiger charge is 2.35. The predicted molar refractivity (Wildman–Crippen MR) is 82.7 cm³/mol. The van der Waals surface area contributed by atoms with Crippen LogP contribution in [0.3, 0.4) is 0 Å². The summed E-state index contributed by atoms with van der Waals surface area (Å²) >= 11 is 0. The summed E-state index contributed by atoms with van der Waals surface area (Å²) in [4.78, 5) is 26.9. The first-order valence-corrected chi connectivity index (χ1v) is 7.49. The molecule has 0 saturated heterocycles. The fraction of sp³-hybridized carbons (Fsp3) is 0.250. The molecule has 1 atom stereocenters. The number of rotatable bonds is 2. The van der Waals surface area contributed by atoms with Crippen LogP contribution in [0.4, 0.5) is 0 Å². The van der Waals surface area contributed by atoms with E-state index in [1.807, 2.05) is 30.0 Å². The number of carbonyl (C=O) groups excluding carboxylic acids is 1. The van der Waals surface area contributed by atoms with Gasteiger partial charge in [0.1, 0.15) is 6.04 Å². The van der Waals surface area contributed by atoms with E-state index in [2.05, 4.69) is 25.1 Å². The summed E-state index contributed by atoms with van der Waals surface area (Å²) in [6.45, 7) is 2.46. The van der Waals surface area contributed by atoms with Gasteiger partial charge in [0.25, 0.3) is 5.91 Å². The molecule has 0 saturated carbocycles. The van der Waals surface area contributed by atoms with Gasteiger partial charge in [-0.05, 0) is 19.1 Å². The summed E-state index contributed by atoms with van der Waals surface area (Å²) < 4.78 is 0. The smallest absolute Gasteiger partial charge is 0.258 e. The first-order valence-electron chi connectivity index (χ1n) is 7.49. The van der Waals surface area contributed by atoms with Crippen molar-refractivity contribution < 1.29 is 4.79 Å². The predicted octanol–water partition coefficient (Wildman–Crippen LogP) is 1.62. The fourth-order valence-corrected chi connectivity index (χ4v) is 3.05. The maximum Gasteiger partial charge on any atom is 0.258 e. The third-order valence-electron chi connectivity index (χ3n) is 4.21. The Hall–Kier alpha value is -2.96. The van der Waals surface area contributed by atoms with E-state index in [0.717, 1.165) is 29.2 Å². The Kier molecular flexibility index (Phi) is 3.18. The summed E-state index contributed by atoms with van der Waals surface area (Å²) in [5.41, 5.74) is 4.10. The molecule has 1 amide bonds. The van der Waals surface area contributed by atoms with Crippen molar-refractivity contribution in [3.05, 3.63) is 65.3 Å². The topological polar surface area (TPSA) is 90.6 Å². The number of pyridine rings is 1. The standard InChI is InChI=1S/C16H16N6O/c1-10-11(8-20-21-10)16(23)22-7-5-12-14(19-9-18-12)15(22)13-4-2-3-6-17-13/h2-4,6,8-9,15H,5,7H2,1H3,(H,18,19)(H,20,21). The molecule has 1 aliphatic rings. The highest BCUT2D eigenvalue weighted by Crippen LogP contribution is 2.33. The van der Waals surface area contributed by atoms with Crippen molar-refractivity contribution in [2.75, 3.05) is 6.54 Å². The molecule has 1 unspecified atom stereocenters. The van der Waals surface area contributed by atoms with Crippen LogP contribution in [0, 0.1) is 6.92 Å². The van der Waals surface area contributed by atoms with E-state index < -0.39 is 0 Å². The molecule has 3 aromatic rings. The van der Waals surface area contributed by atoms with Gasteiger partial charge in [-0.3, -0.25) is 14.9 Å². The van der Waals surface area contributed by atoms with Gasteiger partial charge in [-0.15, -0.1) is 0 Å². The molecule has 0 aliphatic carbocycles. The number of hydrogen-bond donors (Lipinski definition) is 2. The lowest BCUT2D eigenvalue weighted by molar-refractivity contribution is 0.0686. The number of nitrogens with one attached hydrogen (secondary N) is 2. The van der Waals surface area contributed by atoms with Gasteiger partial charge in [-0.25, -0.2) is 4.98 Å². The van der Waals surface area contributed by atoms with Crippen LogP contribution in [0.2, 0.25) is 0 Å². The molecule has 1 aliphatic heterocycles. The van der Waals surface area contributed by atoms with Crippen LogP contribution in [0.25, 0.3) is 0 Å². The van der Waals surface area contributed by atoms with Crippen molar-refractivity contribution in [2.24, 2.45) is 0 Å². The lowest BCUT2D eigenvalue weighted by Gasteiger charge is -2.34. The van der Waals surface area contributed by atoms with E-state index in [0.29, 0.717) is 12.1 Å². The average molecular weight is 308 g/mol.